The molecule has 2 rings (SSSR count). The fourth-order valence-electron chi connectivity index (χ4n) is 2.63. The van der Waals surface area contributed by atoms with E-state index in [0.29, 0.717) is 17.4 Å². The maximum absolute atomic E-state index is 13.2. The lowest BCUT2D eigenvalue weighted by atomic mass is 9.89. The van der Waals surface area contributed by atoms with Gasteiger partial charge in [-0.1, -0.05) is 26.0 Å². The summed E-state index contributed by atoms with van der Waals surface area (Å²) in [6.07, 6.45) is 0. The lowest BCUT2D eigenvalue weighted by Crippen LogP contribution is -2.03. The lowest BCUT2D eigenvalue weighted by Gasteiger charge is -2.21. The smallest absolute Gasteiger partial charge is 0.168 e. The minimum atomic E-state index is -0.276. The first kappa shape index (κ1) is 16.6. The molecule has 0 bridgehead atoms. The molecule has 0 fully saturated rings. The molecular weight excluding hydrogens is 303 g/mol. The van der Waals surface area contributed by atoms with Gasteiger partial charge >= 0.3 is 0 Å². The highest BCUT2D eigenvalue weighted by molar-refractivity contribution is 6.17. The van der Waals surface area contributed by atoms with E-state index >= 15 is 0 Å². The first-order valence-corrected chi connectivity index (χ1v) is 7.66. The van der Waals surface area contributed by atoms with Crippen LogP contribution in [-0.2, 0) is 5.88 Å². The Morgan fingerprint density at radius 3 is 2.18 bits per heavy atom. The summed E-state index contributed by atoms with van der Waals surface area (Å²) in [5, 5.41) is 0. The molecule has 0 aliphatic heterocycles. The van der Waals surface area contributed by atoms with Crippen LogP contribution >= 0.6 is 11.6 Å². The normalized spacial score (nSPS) is 10.9. The van der Waals surface area contributed by atoms with Gasteiger partial charge < -0.3 is 9.47 Å². The van der Waals surface area contributed by atoms with Gasteiger partial charge in [0, 0.05) is 11.4 Å². The second-order valence-corrected chi connectivity index (χ2v) is 5.62. The van der Waals surface area contributed by atoms with Gasteiger partial charge in [0.25, 0.3) is 0 Å². The van der Waals surface area contributed by atoms with E-state index in [-0.39, 0.29) is 11.7 Å². The molecular formula is C18H20ClFO2. The Morgan fingerprint density at radius 2 is 1.73 bits per heavy atom. The number of rotatable bonds is 5. The monoisotopic (exact) mass is 322 g/mol. The Bertz CT molecular complexity index is 651. The third-order valence-electron chi connectivity index (χ3n) is 3.70. The van der Waals surface area contributed by atoms with Crippen LogP contribution in [0.4, 0.5) is 4.39 Å². The van der Waals surface area contributed by atoms with E-state index in [4.69, 9.17) is 21.1 Å². The molecule has 22 heavy (non-hydrogen) atoms. The molecule has 0 atom stereocenters. The SMILES string of the molecule is COc1cc(C(C)C)c(CCl)c(-c2ccc(F)cc2)c1OC. The zero-order chi connectivity index (χ0) is 16.3. The first-order chi connectivity index (χ1) is 10.5. The summed E-state index contributed by atoms with van der Waals surface area (Å²) >= 11 is 6.22. The zero-order valence-electron chi connectivity index (χ0n) is 13.2. The van der Waals surface area contributed by atoms with Crippen LogP contribution in [-0.4, -0.2) is 14.2 Å². The van der Waals surface area contributed by atoms with Crippen molar-refractivity contribution in [3.05, 3.63) is 47.3 Å². The molecule has 0 amide bonds. The van der Waals surface area contributed by atoms with E-state index in [1.54, 1.807) is 26.4 Å². The second kappa shape index (κ2) is 7.01. The van der Waals surface area contributed by atoms with Gasteiger partial charge in [-0.05, 0) is 40.8 Å². The highest BCUT2D eigenvalue weighted by Crippen LogP contribution is 2.44. The minimum absolute atomic E-state index is 0.276. The summed E-state index contributed by atoms with van der Waals surface area (Å²) in [5.41, 5.74) is 3.81. The van der Waals surface area contributed by atoms with Crippen molar-refractivity contribution in [2.24, 2.45) is 0 Å². The van der Waals surface area contributed by atoms with E-state index in [9.17, 15) is 4.39 Å². The van der Waals surface area contributed by atoms with E-state index in [0.717, 1.165) is 22.3 Å². The van der Waals surface area contributed by atoms with Gasteiger partial charge in [0.05, 0.1) is 14.2 Å². The topological polar surface area (TPSA) is 18.5 Å². The molecule has 2 aromatic carbocycles. The molecule has 0 aliphatic rings. The predicted molar refractivity (Wildman–Crippen MR) is 88.6 cm³/mol. The van der Waals surface area contributed by atoms with Crippen molar-refractivity contribution < 1.29 is 13.9 Å². The van der Waals surface area contributed by atoms with Crippen LogP contribution < -0.4 is 9.47 Å². The van der Waals surface area contributed by atoms with Gasteiger partial charge in [0.15, 0.2) is 11.5 Å². The van der Waals surface area contributed by atoms with Crippen molar-refractivity contribution in [3.8, 4) is 22.6 Å². The Balaban J connectivity index is 2.82. The molecule has 0 saturated carbocycles. The fraction of sp³-hybridized carbons (Fsp3) is 0.333. The number of alkyl halides is 1. The summed E-state index contributed by atoms with van der Waals surface area (Å²) in [5.74, 6) is 1.63. The average molecular weight is 323 g/mol. The van der Waals surface area contributed by atoms with Crippen LogP contribution in [0.2, 0.25) is 0 Å². The summed E-state index contributed by atoms with van der Waals surface area (Å²) < 4.78 is 24.3. The number of hydrogen-bond acceptors (Lipinski definition) is 2. The van der Waals surface area contributed by atoms with Crippen LogP contribution in [0.3, 0.4) is 0 Å². The number of benzene rings is 2. The summed E-state index contributed by atoms with van der Waals surface area (Å²) in [6, 6.07) is 8.29. The molecule has 2 aromatic rings. The first-order valence-electron chi connectivity index (χ1n) is 7.13. The van der Waals surface area contributed by atoms with Crippen molar-refractivity contribution in [1.29, 1.82) is 0 Å². The largest absolute Gasteiger partial charge is 0.493 e. The summed E-state index contributed by atoms with van der Waals surface area (Å²) in [4.78, 5) is 0. The van der Waals surface area contributed by atoms with Gasteiger partial charge in [-0.2, -0.15) is 0 Å². The average Bonchev–Trinajstić information content (AvgIpc) is 2.53. The van der Waals surface area contributed by atoms with Crippen LogP contribution in [0.5, 0.6) is 11.5 Å². The molecule has 0 spiro atoms. The molecule has 0 N–H and O–H groups in total. The van der Waals surface area contributed by atoms with E-state index in [1.165, 1.54) is 12.1 Å². The van der Waals surface area contributed by atoms with Gasteiger partial charge in [0.2, 0.25) is 0 Å². The number of halogens is 2. The Kier molecular flexibility index (Phi) is 5.30. The van der Waals surface area contributed by atoms with Gasteiger partial charge in [-0.15, -0.1) is 11.6 Å². The number of methoxy groups -OCH3 is 2. The lowest BCUT2D eigenvalue weighted by molar-refractivity contribution is 0.355. The highest BCUT2D eigenvalue weighted by atomic mass is 35.5. The van der Waals surface area contributed by atoms with Crippen molar-refractivity contribution in [1.82, 2.24) is 0 Å². The van der Waals surface area contributed by atoms with Crippen LogP contribution in [0, 0.1) is 5.82 Å². The second-order valence-electron chi connectivity index (χ2n) is 5.35. The van der Waals surface area contributed by atoms with Gasteiger partial charge in [-0.25, -0.2) is 4.39 Å². The van der Waals surface area contributed by atoms with Crippen molar-refractivity contribution in [2.75, 3.05) is 14.2 Å². The molecule has 0 aliphatic carbocycles. The Hall–Kier alpha value is -1.74. The molecule has 0 heterocycles. The molecule has 2 nitrogen and oxygen atoms in total. The maximum Gasteiger partial charge on any atom is 0.168 e. The van der Waals surface area contributed by atoms with Gasteiger partial charge in [0.1, 0.15) is 5.82 Å². The quantitative estimate of drug-likeness (QED) is 0.689. The third-order valence-corrected chi connectivity index (χ3v) is 3.97. The number of hydrogen-bond donors (Lipinski definition) is 0. The third kappa shape index (κ3) is 3.05. The predicted octanol–water partition coefficient (Wildman–Crippen LogP) is 5.37. The Labute approximate surface area is 135 Å². The minimum Gasteiger partial charge on any atom is -0.493 e. The fourth-order valence-corrected chi connectivity index (χ4v) is 2.92. The molecule has 0 radical (unpaired) electrons. The van der Waals surface area contributed by atoms with E-state index < -0.39 is 0 Å². The standard InChI is InChI=1S/C18H20ClFO2/c1-11(2)14-9-16(21-3)18(22-4)17(15(14)10-19)12-5-7-13(20)8-6-12/h5-9,11H,10H2,1-4H3. The summed E-state index contributed by atoms with van der Waals surface area (Å²) in [7, 11) is 3.20. The van der Waals surface area contributed by atoms with Crippen LogP contribution in [0.25, 0.3) is 11.1 Å². The Morgan fingerprint density at radius 1 is 1.09 bits per heavy atom. The van der Waals surface area contributed by atoms with Gasteiger partial charge in [-0.3, -0.25) is 0 Å². The summed E-state index contributed by atoms with van der Waals surface area (Å²) in [6.45, 7) is 4.21. The molecule has 0 saturated heterocycles. The van der Waals surface area contributed by atoms with Crippen molar-refractivity contribution in [3.63, 3.8) is 0 Å². The van der Waals surface area contributed by atoms with Crippen LogP contribution in [0.1, 0.15) is 30.9 Å². The molecule has 118 valence electrons. The molecule has 0 unspecified atom stereocenters. The van der Waals surface area contributed by atoms with Crippen LogP contribution in [0.15, 0.2) is 30.3 Å². The van der Waals surface area contributed by atoms with Crippen molar-refractivity contribution >= 4 is 11.6 Å². The van der Waals surface area contributed by atoms with E-state index in [2.05, 4.69) is 13.8 Å². The van der Waals surface area contributed by atoms with Crippen molar-refractivity contribution in [2.45, 2.75) is 25.6 Å². The zero-order valence-corrected chi connectivity index (χ0v) is 14.0. The number of ether oxygens (including phenoxy) is 2. The highest BCUT2D eigenvalue weighted by Gasteiger charge is 2.21. The van der Waals surface area contributed by atoms with E-state index in [1.807, 2.05) is 6.07 Å². The molecule has 4 heteroatoms. The molecule has 0 aromatic heterocycles. The maximum atomic E-state index is 13.2.